The molecule has 21 heavy (non-hydrogen) atoms. The Balaban J connectivity index is 1.90. The second-order valence-electron chi connectivity index (χ2n) is 6.44. The summed E-state index contributed by atoms with van der Waals surface area (Å²) in [4.78, 5) is 0. The van der Waals surface area contributed by atoms with Crippen LogP contribution in [0.2, 0.25) is 0 Å². The second-order valence-corrected chi connectivity index (χ2v) is 6.44. The van der Waals surface area contributed by atoms with E-state index in [1.807, 2.05) is 12.1 Å². The molecule has 1 N–H and O–H groups in total. The van der Waals surface area contributed by atoms with Crippen LogP contribution in [0, 0.1) is 0 Å². The summed E-state index contributed by atoms with van der Waals surface area (Å²) in [7, 11) is 1.71. The van der Waals surface area contributed by atoms with Gasteiger partial charge in [0.25, 0.3) is 0 Å². The molecule has 2 aromatic rings. The van der Waals surface area contributed by atoms with Crippen molar-refractivity contribution in [3.05, 3.63) is 59.7 Å². The third-order valence-corrected chi connectivity index (χ3v) is 4.53. The molecule has 1 atom stereocenters. The molecule has 0 saturated carbocycles. The minimum absolute atomic E-state index is 0.267. The summed E-state index contributed by atoms with van der Waals surface area (Å²) in [6, 6.07) is 17.4. The second kappa shape index (κ2) is 5.44. The summed E-state index contributed by atoms with van der Waals surface area (Å²) in [6.45, 7) is 4.68. The quantitative estimate of drug-likeness (QED) is 0.862. The lowest BCUT2D eigenvalue weighted by Crippen LogP contribution is -2.29. The highest BCUT2D eigenvalue weighted by Gasteiger charge is 2.32. The third kappa shape index (κ3) is 2.76. The maximum absolute atomic E-state index is 5.31. The molecule has 0 saturated heterocycles. The monoisotopic (exact) mass is 281 g/mol. The zero-order valence-electron chi connectivity index (χ0n) is 13.0. The summed E-state index contributed by atoms with van der Waals surface area (Å²) in [5.74, 6) is 0.893. The highest BCUT2D eigenvalue weighted by molar-refractivity contribution is 5.51. The molecular weight excluding hydrogens is 258 g/mol. The first-order valence-corrected chi connectivity index (χ1v) is 7.60. The van der Waals surface area contributed by atoms with Crippen LogP contribution in [-0.4, -0.2) is 7.11 Å². The maximum Gasteiger partial charge on any atom is 0.120 e. The van der Waals surface area contributed by atoms with Crippen LogP contribution in [0.4, 0.5) is 5.69 Å². The third-order valence-electron chi connectivity index (χ3n) is 4.53. The number of hydrogen-bond donors (Lipinski definition) is 1. The molecule has 0 aromatic heterocycles. The molecule has 0 bridgehead atoms. The number of anilines is 1. The van der Waals surface area contributed by atoms with E-state index in [0.717, 1.165) is 17.9 Å². The first kappa shape index (κ1) is 14.0. The van der Waals surface area contributed by atoms with Gasteiger partial charge in [-0.1, -0.05) is 44.2 Å². The van der Waals surface area contributed by atoms with Crippen molar-refractivity contribution in [1.29, 1.82) is 0 Å². The van der Waals surface area contributed by atoms with Gasteiger partial charge in [0.1, 0.15) is 5.75 Å². The summed E-state index contributed by atoms with van der Waals surface area (Å²) in [5, 5.41) is 3.67. The van der Waals surface area contributed by atoms with E-state index < -0.39 is 0 Å². The van der Waals surface area contributed by atoms with Crippen molar-refractivity contribution >= 4 is 5.69 Å². The van der Waals surface area contributed by atoms with E-state index in [1.54, 1.807) is 7.11 Å². The van der Waals surface area contributed by atoms with E-state index >= 15 is 0 Å². The molecule has 1 aliphatic carbocycles. The van der Waals surface area contributed by atoms with Crippen LogP contribution in [0.1, 0.15) is 43.9 Å². The van der Waals surface area contributed by atoms with Gasteiger partial charge in [0, 0.05) is 11.8 Å². The molecule has 110 valence electrons. The molecule has 0 fully saturated rings. The van der Waals surface area contributed by atoms with Crippen molar-refractivity contribution in [1.82, 2.24) is 0 Å². The molecule has 2 nitrogen and oxygen atoms in total. The van der Waals surface area contributed by atoms with E-state index in [4.69, 9.17) is 4.74 Å². The van der Waals surface area contributed by atoms with Crippen molar-refractivity contribution in [2.24, 2.45) is 0 Å². The lowest BCUT2D eigenvalue weighted by Gasteiger charge is -2.37. The highest BCUT2D eigenvalue weighted by atomic mass is 16.5. The fraction of sp³-hybridized carbons (Fsp3) is 0.368. The number of ether oxygens (including phenoxy) is 1. The Morgan fingerprint density at radius 3 is 2.71 bits per heavy atom. The smallest absolute Gasteiger partial charge is 0.120 e. The van der Waals surface area contributed by atoms with Crippen LogP contribution >= 0.6 is 0 Å². The van der Waals surface area contributed by atoms with Gasteiger partial charge in [-0.05, 0) is 41.5 Å². The van der Waals surface area contributed by atoms with Crippen LogP contribution in [0.25, 0.3) is 0 Å². The summed E-state index contributed by atoms with van der Waals surface area (Å²) in [5.41, 5.74) is 4.28. The van der Waals surface area contributed by atoms with Crippen molar-refractivity contribution in [3.63, 3.8) is 0 Å². The highest BCUT2D eigenvalue weighted by Crippen LogP contribution is 2.42. The normalized spacial score (nSPS) is 19.7. The van der Waals surface area contributed by atoms with Crippen molar-refractivity contribution in [3.8, 4) is 5.75 Å². The Labute approximate surface area is 127 Å². The molecule has 0 heterocycles. The zero-order chi connectivity index (χ0) is 14.9. The van der Waals surface area contributed by atoms with E-state index in [1.165, 1.54) is 17.5 Å². The minimum Gasteiger partial charge on any atom is -0.497 e. The van der Waals surface area contributed by atoms with E-state index in [9.17, 15) is 0 Å². The summed E-state index contributed by atoms with van der Waals surface area (Å²) < 4.78 is 5.31. The van der Waals surface area contributed by atoms with Crippen LogP contribution in [0.3, 0.4) is 0 Å². The lowest BCUT2D eigenvalue weighted by molar-refractivity contribution is 0.405. The predicted octanol–water partition coefficient (Wildman–Crippen LogP) is 4.92. The van der Waals surface area contributed by atoms with Crippen LogP contribution in [0.15, 0.2) is 48.5 Å². The molecule has 1 aliphatic rings. The van der Waals surface area contributed by atoms with Gasteiger partial charge < -0.3 is 10.1 Å². The van der Waals surface area contributed by atoms with Gasteiger partial charge in [-0.25, -0.2) is 0 Å². The maximum atomic E-state index is 5.31. The van der Waals surface area contributed by atoms with E-state index in [2.05, 4.69) is 55.6 Å². The zero-order valence-corrected chi connectivity index (χ0v) is 13.0. The van der Waals surface area contributed by atoms with Gasteiger partial charge in [-0.15, -0.1) is 0 Å². The number of methoxy groups -OCH3 is 1. The van der Waals surface area contributed by atoms with Gasteiger partial charge in [0.15, 0.2) is 0 Å². The first-order chi connectivity index (χ1) is 10.1. The average molecular weight is 281 g/mol. The summed E-state index contributed by atoms with van der Waals surface area (Å²) >= 11 is 0. The van der Waals surface area contributed by atoms with Crippen LogP contribution in [-0.2, 0) is 5.41 Å². The predicted molar refractivity (Wildman–Crippen MR) is 88.1 cm³/mol. The van der Waals surface area contributed by atoms with Crippen LogP contribution in [0.5, 0.6) is 5.75 Å². The number of hydrogen-bond acceptors (Lipinski definition) is 2. The number of nitrogens with one attached hydrogen (secondary N) is 1. The minimum atomic E-state index is 0.267. The van der Waals surface area contributed by atoms with Gasteiger partial charge >= 0.3 is 0 Å². The van der Waals surface area contributed by atoms with Gasteiger partial charge in [0.05, 0.1) is 13.2 Å². The molecule has 0 aliphatic heterocycles. The standard InChI is InChI=1S/C19H23NO/c1-19(2)12-11-18(16-9-4-5-10-17(16)19)20-14-7-6-8-15(13-14)21-3/h4-10,13,18,20H,11-12H2,1-3H3. The average Bonchev–Trinajstić information content (AvgIpc) is 2.51. The van der Waals surface area contributed by atoms with Crippen molar-refractivity contribution < 1.29 is 4.74 Å². The molecule has 3 rings (SSSR count). The Bertz CT molecular complexity index is 633. The van der Waals surface area contributed by atoms with Crippen molar-refractivity contribution in [2.45, 2.75) is 38.1 Å². The Morgan fingerprint density at radius 1 is 1.10 bits per heavy atom. The van der Waals surface area contributed by atoms with Gasteiger partial charge in [-0.2, -0.15) is 0 Å². The van der Waals surface area contributed by atoms with Crippen molar-refractivity contribution in [2.75, 3.05) is 12.4 Å². The van der Waals surface area contributed by atoms with Crippen LogP contribution < -0.4 is 10.1 Å². The number of rotatable bonds is 3. The van der Waals surface area contributed by atoms with E-state index in [0.29, 0.717) is 6.04 Å². The molecule has 2 heteroatoms. The first-order valence-electron chi connectivity index (χ1n) is 7.60. The Hall–Kier alpha value is -1.96. The topological polar surface area (TPSA) is 21.3 Å². The largest absolute Gasteiger partial charge is 0.497 e. The molecule has 1 unspecified atom stereocenters. The molecule has 2 aromatic carbocycles. The molecule has 0 amide bonds. The molecule has 0 radical (unpaired) electrons. The fourth-order valence-electron chi connectivity index (χ4n) is 3.28. The van der Waals surface area contributed by atoms with Gasteiger partial charge in [0.2, 0.25) is 0 Å². The molecule has 0 spiro atoms. The number of benzene rings is 2. The SMILES string of the molecule is COc1cccc(NC2CCC(C)(C)c3ccccc32)c1. The molecular formula is C19H23NO. The fourth-order valence-corrected chi connectivity index (χ4v) is 3.28. The van der Waals surface area contributed by atoms with Gasteiger partial charge in [-0.3, -0.25) is 0 Å². The summed E-state index contributed by atoms with van der Waals surface area (Å²) in [6.07, 6.45) is 2.35. The lowest BCUT2D eigenvalue weighted by atomic mass is 9.71. The number of fused-ring (bicyclic) bond motifs is 1. The Kier molecular flexibility index (Phi) is 3.62. The van der Waals surface area contributed by atoms with E-state index in [-0.39, 0.29) is 5.41 Å². The Morgan fingerprint density at radius 2 is 1.90 bits per heavy atom.